The molecule has 0 saturated carbocycles. The second-order valence-corrected chi connectivity index (χ2v) is 9.75. The topological polar surface area (TPSA) is 36.8 Å². The van der Waals surface area contributed by atoms with Crippen LogP contribution in [0.2, 0.25) is 0 Å². The van der Waals surface area contributed by atoms with E-state index in [1.807, 2.05) is 83.3 Å². The maximum absolute atomic E-state index is 13.0. The number of halogens is 1. The van der Waals surface area contributed by atoms with Gasteiger partial charge in [0.2, 0.25) is 0 Å². The van der Waals surface area contributed by atoms with Gasteiger partial charge in [0.1, 0.15) is 6.17 Å². The Balaban J connectivity index is 0.000000694. The highest BCUT2D eigenvalue weighted by Crippen LogP contribution is 2.16. The van der Waals surface area contributed by atoms with Crippen LogP contribution in [0.25, 0.3) is 11.1 Å². The summed E-state index contributed by atoms with van der Waals surface area (Å²) in [5.74, 6) is 0. The second-order valence-electron chi connectivity index (χ2n) is 9.75. The Hall–Kier alpha value is -3.11. The van der Waals surface area contributed by atoms with Crippen molar-refractivity contribution in [2.24, 2.45) is 9.98 Å². The van der Waals surface area contributed by atoms with E-state index in [2.05, 4.69) is 54.8 Å². The lowest BCUT2D eigenvalue weighted by Crippen LogP contribution is -2.14. The summed E-state index contributed by atoms with van der Waals surface area (Å²) in [6.45, 7) is 24.1. The van der Waals surface area contributed by atoms with Crippen LogP contribution < -0.4 is 5.32 Å². The Morgan fingerprint density at radius 1 is 0.923 bits per heavy atom. The van der Waals surface area contributed by atoms with Crippen molar-refractivity contribution in [1.82, 2.24) is 5.32 Å². The third-order valence-electron chi connectivity index (χ3n) is 5.78. The van der Waals surface area contributed by atoms with Gasteiger partial charge in [0.15, 0.2) is 0 Å². The van der Waals surface area contributed by atoms with Gasteiger partial charge in [0.05, 0.1) is 11.4 Å². The number of nitrogens with one attached hydrogen (secondary N) is 1. The van der Waals surface area contributed by atoms with Crippen molar-refractivity contribution in [3.05, 3.63) is 95.8 Å². The molecule has 0 spiro atoms. The monoisotopic (exact) mass is 533 g/mol. The minimum absolute atomic E-state index is 0.459. The summed E-state index contributed by atoms with van der Waals surface area (Å²) in [6.07, 6.45) is 7.64. The molecule has 0 aromatic heterocycles. The number of alkyl halides is 1. The Morgan fingerprint density at radius 2 is 1.49 bits per heavy atom. The third kappa shape index (κ3) is 17.2. The van der Waals surface area contributed by atoms with E-state index in [9.17, 15) is 4.39 Å². The SMILES string of the molecule is C/C=C\N=C(C)C(C)=N/C=C(\C)c1ccc(CC(C)F)cc1.C=C(C)c1ccccc1C.CCCNCCC. The van der Waals surface area contributed by atoms with Crippen LogP contribution >= 0.6 is 0 Å². The van der Waals surface area contributed by atoms with Crippen LogP contribution in [-0.4, -0.2) is 30.7 Å². The Labute approximate surface area is 238 Å². The van der Waals surface area contributed by atoms with Crippen molar-refractivity contribution in [1.29, 1.82) is 0 Å². The molecule has 0 fully saturated rings. The number of benzene rings is 2. The minimum Gasteiger partial charge on any atom is -0.317 e. The maximum Gasteiger partial charge on any atom is 0.101 e. The fourth-order valence-electron chi connectivity index (χ4n) is 3.40. The van der Waals surface area contributed by atoms with Crippen LogP contribution in [0, 0.1) is 6.92 Å². The number of allylic oxidation sites excluding steroid dienone is 3. The van der Waals surface area contributed by atoms with E-state index in [0.29, 0.717) is 6.42 Å². The summed E-state index contributed by atoms with van der Waals surface area (Å²) in [7, 11) is 0. The summed E-state index contributed by atoms with van der Waals surface area (Å²) < 4.78 is 13.0. The zero-order valence-electron chi connectivity index (χ0n) is 25.9. The molecule has 2 aromatic rings. The molecule has 1 atom stereocenters. The average molecular weight is 534 g/mol. The zero-order valence-corrected chi connectivity index (χ0v) is 25.9. The predicted octanol–water partition coefficient (Wildman–Crippen LogP) is 9.83. The number of hydrogen-bond donors (Lipinski definition) is 1. The summed E-state index contributed by atoms with van der Waals surface area (Å²) in [6, 6.07) is 16.2. The van der Waals surface area contributed by atoms with Crippen molar-refractivity contribution >= 4 is 22.6 Å². The van der Waals surface area contributed by atoms with Crippen LogP contribution in [-0.2, 0) is 6.42 Å². The predicted molar refractivity (Wildman–Crippen MR) is 175 cm³/mol. The van der Waals surface area contributed by atoms with E-state index in [-0.39, 0.29) is 0 Å². The van der Waals surface area contributed by atoms with Crippen molar-refractivity contribution in [2.45, 2.75) is 87.7 Å². The van der Waals surface area contributed by atoms with Crippen molar-refractivity contribution in [2.75, 3.05) is 13.1 Å². The van der Waals surface area contributed by atoms with Gasteiger partial charge in [-0.3, -0.25) is 9.98 Å². The van der Waals surface area contributed by atoms with Crippen molar-refractivity contribution < 1.29 is 4.39 Å². The number of rotatable bonds is 11. The third-order valence-corrected chi connectivity index (χ3v) is 5.78. The summed E-state index contributed by atoms with van der Waals surface area (Å²) in [4.78, 5) is 8.73. The van der Waals surface area contributed by atoms with Gasteiger partial charge >= 0.3 is 0 Å². The van der Waals surface area contributed by atoms with E-state index in [4.69, 9.17) is 0 Å². The molecular formula is C35H52FN3. The average Bonchev–Trinajstić information content (AvgIpc) is 2.91. The van der Waals surface area contributed by atoms with Gasteiger partial charge in [-0.15, -0.1) is 0 Å². The van der Waals surface area contributed by atoms with Gasteiger partial charge < -0.3 is 5.32 Å². The Morgan fingerprint density at radius 3 is 1.95 bits per heavy atom. The van der Waals surface area contributed by atoms with Crippen molar-refractivity contribution in [3.8, 4) is 0 Å². The summed E-state index contributed by atoms with van der Waals surface area (Å²) >= 11 is 0. The molecule has 0 aliphatic heterocycles. The van der Waals surface area contributed by atoms with Gasteiger partial charge in [-0.05, 0) is 102 Å². The second kappa shape index (κ2) is 21.8. The molecular weight excluding hydrogens is 481 g/mol. The fraction of sp³-hybridized carbons (Fsp3) is 0.429. The summed E-state index contributed by atoms with van der Waals surface area (Å²) in [5, 5.41) is 3.28. The molecule has 1 unspecified atom stereocenters. The Kier molecular flexibility index (Phi) is 20.0. The molecule has 1 N–H and O–H groups in total. The summed E-state index contributed by atoms with van der Waals surface area (Å²) in [5.41, 5.74) is 8.67. The first-order chi connectivity index (χ1) is 18.6. The number of hydrogen-bond acceptors (Lipinski definition) is 3. The first-order valence-electron chi connectivity index (χ1n) is 14.1. The highest BCUT2D eigenvalue weighted by atomic mass is 19.1. The smallest absolute Gasteiger partial charge is 0.101 e. The molecule has 0 aliphatic rings. The van der Waals surface area contributed by atoms with Gasteiger partial charge in [-0.2, -0.15) is 0 Å². The minimum atomic E-state index is -0.811. The van der Waals surface area contributed by atoms with E-state index in [0.717, 1.165) is 33.7 Å². The van der Waals surface area contributed by atoms with Crippen LogP contribution in [0.4, 0.5) is 4.39 Å². The van der Waals surface area contributed by atoms with E-state index in [1.165, 1.54) is 37.1 Å². The lowest BCUT2D eigenvalue weighted by Gasteiger charge is -2.05. The van der Waals surface area contributed by atoms with Gasteiger partial charge in [0, 0.05) is 18.8 Å². The Bertz CT molecular complexity index is 1070. The maximum atomic E-state index is 13.0. The molecule has 0 radical (unpaired) electrons. The first-order valence-corrected chi connectivity index (χ1v) is 14.1. The van der Waals surface area contributed by atoms with Crippen LogP contribution in [0.5, 0.6) is 0 Å². The van der Waals surface area contributed by atoms with Crippen LogP contribution in [0.15, 0.2) is 83.6 Å². The highest BCUT2D eigenvalue weighted by molar-refractivity contribution is 6.40. The number of aliphatic imine (C=N–C) groups is 2. The molecule has 0 saturated heterocycles. The number of nitrogens with zero attached hydrogens (tertiary/aromatic N) is 2. The van der Waals surface area contributed by atoms with E-state index in [1.54, 1.807) is 13.1 Å². The quantitative estimate of drug-likeness (QED) is 0.226. The molecule has 2 aromatic carbocycles. The lowest BCUT2D eigenvalue weighted by molar-refractivity contribution is 0.360. The van der Waals surface area contributed by atoms with Crippen LogP contribution in [0.3, 0.4) is 0 Å². The standard InChI is InChI=1S/C19H25FN2.C10H12.C6H15N/c1-6-11-21-16(4)17(5)22-13-14(2)19-9-7-18(8-10-19)12-15(3)20;1-8(2)10-7-5-4-6-9(10)3;1-3-5-7-6-4-2/h6-11,13,15H,12H2,1-5H3;4-7H,1H2,2-3H3;7H,3-6H2,1-2H3/b11-6-,14-13+,21-16?,22-17?;;. The lowest BCUT2D eigenvalue weighted by atomic mass is 10.0. The molecule has 0 heterocycles. The van der Waals surface area contributed by atoms with E-state index >= 15 is 0 Å². The zero-order chi connectivity index (χ0) is 29.6. The van der Waals surface area contributed by atoms with Gasteiger partial charge in [0.25, 0.3) is 0 Å². The van der Waals surface area contributed by atoms with Crippen LogP contribution in [0.1, 0.15) is 90.5 Å². The molecule has 4 heteroatoms. The molecule has 0 amide bonds. The van der Waals surface area contributed by atoms with E-state index < -0.39 is 6.17 Å². The molecule has 39 heavy (non-hydrogen) atoms. The molecule has 0 aliphatic carbocycles. The molecule has 0 bridgehead atoms. The normalized spacial score (nSPS) is 12.8. The number of aryl methyl sites for hydroxylation is 1. The fourth-order valence-corrected chi connectivity index (χ4v) is 3.40. The van der Waals surface area contributed by atoms with Crippen molar-refractivity contribution in [3.63, 3.8) is 0 Å². The van der Waals surface area contributed by atoms with Gasteiger partial charge in [-0.25, -0.2) is 4.39 Å². The molecule has 2 rings (SSSR count). The first kappa shape index (κ1) is 35.9. The highest BCUT2D eigenvalue weighted by Gasteiger charge is 2.02. The molecule has 3 nitrogen and oxygen atoms in total. The molecule has 214 valence electrons. The largest absolute Gasteiger partial charge is 0.317 e. The van der Waals surface area contributed by atoms with Gasteiger partial charge in [-0.1, -0.05) is 80.6 Å².